The zero-order valence-electron chi connectivity index (χ0n) is 21.4. The average Bonchev–Trinajstić information content (AvgIpc) is 2.93. The minimum Gasteiger partial charge on any atom is -0.497 e. The highest BCUT2D eigenvalue weighted by Gasteiger charge is 2.34. The zero-order chi connectivity index (χ0) is 27.7. The maximum atomic E-state index is 15.1. The maximum absolute atomic E-state index is 15.1. The molecule has 0 radical (unpaired) electrons. The van der Waals surface area contributed by atoms with Crippen LogP contribution in [0.2, 0.25) is 10.0 Å². The van der Waals surface area contributed by atoms with Crippen molar-refractivity contribution in [1.29, 1.82) is 0 Å². The van der Waals surface area contributed by atoms with E-state index in [1.807, 2.05) is 29.2 Å². The fourth-order valence-corrected chi connectivity index (χ4v) is 5.75. The third kappa shape index (κ3) is 5.78. The lowest BCUT2D eigenvalue weighted by Gasteiger charge is -2.40. The highest BCUT2D eigenvalue weighted by molar-refractivity contribution is 6.36. The normalized spacial score (nSPS) is 16.7. The summed E-state index contributed by atoms with van der Waals surface area (Å²) < 4.78 is 34.3. The molecule has 1 fully saturated rings. The molecular weight excluding hydrogens is 547 g/mol. The topological polar surface area (TPSA) is 65.0 Å². The van der Waals surface area contributed by atoms with Gasteiger partial charge in [-0.1, -0.05) is 35.3 Å². The number of carbonyl (C=O) groups is 1. The van der Waals surface area contributed by atoms with E-state index in [1.54, 1.807) is 13.2 Å². The summed E-state index contributed by atoms with van der Waals surface area (Å²) >= 11 is 12.1. The van der Waals surface area contributed by atoms with Crippen LogP contribution in [0.25, 0.3) is 0 Å². The molecule has 2 aliphatic heterocycles. The first-order valence-electron chi connectivity index (χ1n) is 12.8. The predicted molar refractivity (Wildman–Crippen MR) is 150 cm³/mol. The SMILES string of the molecule is COc1ccc(CN2C(=O)CCc3c(NCC4(O)CCN(c5cc(F)c(Cl)cc5Cl)CC4)ccc(F)c32)cc1. The molecular formula is C29H29Cl2F2N3O3. The number of piperidine rings is 1. The van der Waals surface area contributed by atoms with Gasteiger partial charge in [0, 0.05) is 43.4 Å². The number of nitrogens with one attached hydrogen (secondary N) is 1. The number of fused-ring (bicyclic) bond motifs is 1. The highest BCUT2D eigenvalue weighted by atomic mass is 35.5. The quantitative estimate of drug-likeness (QED) is 0.328. The van der Waals surface area contributed by atoms with Gasteiger partial charge in [-0.25, -0.2) is 8.78 Å². The lowest BCUT2D eigenvalue weighted by atomic mass is 9.90. The molecule has 206 valence electrons. The summed E-state index contributed by atoms with van der Waals surface area (Å²) in [5, 5.41) is 14.9. The van der Waals surface area contributed by atoms with Gasteiger partial charge in [0.2, 0.25) is 5.91 Å². The van der Waals surface area contributed by atoms with Crippen molar-refractivity contribution in [2.45, 2.75) is 37.8 Å². The van der Waals surface area contributed by atoms with E-state index in [2.05, 4.69) is 5.32 Å². The van der Waals surface area contributed by atoms with E-state index in [0.717, 1.165) is 5.56 Å². The van der Waals surface area contributed by atoms with Crippen molar-refractivity contribution in [2.24, 2.45) is 0 Å². The number of aliphatic hydroxyl groups is 1. The molecule has 2 N–H and O–H groups in total. The van der Waals surface area contributed by atoms with Crippen LogP contribution in [0.1, 0.15) is 30.4 Å². The molecule has 3 aromatic carbocycles. The van der Waals surface area contributed by atoms with Crippen LogP contribution in [0.5, 0.6) is 5.75 Å². The summed E-state index contributed by atoms with van der Waals surface area (Å²) in [5.74, 6) is -0.443. The van der Waals surface area contributed by atoms with Gasteiger partial charge in [0.25, 0.3) is 0 Å². The van der Waals surface area contributed by atoms with Crippen LogP contribution in [0, 0.1) is 11.6 Å². The van der Waals surface area contributed by atoms with Gasteiger partial charge in [0.05, 0.1) is 40.7 Å². The Morgan fingerprint density at radius 2 is 1.72 bits per heavy atom. The van der Waals surface area contributed by atoms with Crippen molar-refractivity contribution < 1.29 is 23.4 Å². The van der Waals surface area contributed by atoms with E-state index in [9.17, 15) is 14.3 Å². The third-order valence-electron chi connectivity index (χ3n) is 7.53. The number of amides is 1. The molecule has 6 nitrogen and oxygen atoms in total. The van der Waals surface area contributed by atoms with Crippen molar-refractivity contribution in [1.82, 2.24) is 0 Å². The molecule has 5 rings (SSSR count). The lowest BCUT2D eigenvalue weighted by molar-refractivity contribution is -0.119. The summed E-state index contributed by atoms with van der Waals surface area (Å²) in [6, 6.07) is 13.0. The van der Waals surface area contributed by atoms with E-state index < -0.39 is 17.2 Å². The monoisotopic (exact) mass is 575 g/mol. The molecule has 1 saturated heterocycles. The maximum Gasteiger partial charge on any atom is 0.227 e. The molecule has 0 aromatic heterocycles. The lowest BCUT2D eigenvalue weighted by Crippen LogP contribution is -2.48. The highest BCUT2D eigenvalue weighted by Crippen LogP contribution is 2.38. The molecule has 0 atom stereocenters. The Balaban J connectivity index is 1.29. The number of hydrogen-bond donors (Lipinski definition) is 2. The van der Waals surface area contributed by atoms with Crippen molar-refractivity contribution in [3.8, 4) is 5.75 Å². The van der Waals surface area contributed by atoms with Gasteiger partial charge in [-0.3, -0.25) is 4.79 Å². The summed E-state index contributed by atoms with van der Waals surface area (Å²) in [6.07, 6.45) is 1.51. The van der Waals surface area contributed by atoms with E-state index in [0.29, 0.717) is 60.1 Å². The second-order valence-corrected chi connectivity index (χ2v) is 10.8. The number of hydrogen-bond acceptors (Lipinski definition) is 5. The average molecular weight is 576 g/mol. The zero-order valence-corrected chi connectivity index (χ0v) is 23.0. The van der Waals surface area contributed by atoms with E-state index >= 15 is 4.39 Å². The Hall–Kier alpha value is -3.07. The van der Waals surface area contributed by atoms with Crippen molar-refractivity contribution in [3.05, 3.63) is 81.3 Å². The predicted octanol–water partition coefficient (Wildman–Crippen LogP) is 6.20. The van der Waals surface area contributed by atoms with Crippen LogP contribution < -0.4 is 19.9 Å². The second-order valence-electron chi connectivity index (χ2n) is 10.0. The van der Waals surface area contributed by atoms with E-state index in [4.69, 9.17) is 27.9 Å². The molecule has 0 unspecified atom stereocenters. The summed E-state index contributed by atoms with van der Waals surface area (Å²) in [7, 11) is 1.58. The second kappa shape index (κ2) is 11.2. The van der Waals surface area contributed by atoms with E-state index in [1.165, 1.54) is 23.1 Å². The van der Waals surface area contributed by atoms with Gasteiger partial charge in [-0.2, -0.15) is 0 Å². The molecule has 3 aromatic rings. The number of methoxy groups -OCH3 is 1. The number of halogens is 4. The van der Waals surface area contributed by atoms with Crippen LogP contribution in [0.3, 0.4) is 0 Å². The minimum atomic E-state index is -1.03. The first-order valence-corrected chi connectivity index (χ1v) is 13.5. The fourth-order valence-electron chi connectivity index (χ4n) is 5.25. The summed E-state index contributed by atoms with van der Waals surface area (Å²) in [6.45, 7) is 1.44. The third-order valence-corrected chi connectivity index (χ3v) is 8.12. The number of ether oxygens (including phenoxy) is 1. The van der Waals surface area contributed by atoms with Gasteiger partial charge >= 0.3 is 0 Å². The largest absolute Gasteiger partial charge is 0.497 e. The minimum absolute atomic E-state index is 0.0339. The number of benzene rings is 3. The summed E-state index contributed by atoms with van der Waals surface area (Å²) in [4.78, 5) is 16.3. The van der Waals surface area contributed by atoms with Crippen molar-refractivity contribution in [2.75, 3.05) is 41.9 Å². The van der Waals surface area contributed by atoms with Crippen LogP contribution in [0.15, 0.2) is 48.5 Å². The van der Waals surface area contributed by atoms with Crippen LogP contribution in [-0.2, 0) is 17.8 Å². The number of anilines is 3. The summed E-state index contributed by atoms with van der Waals surface area (Å²) in [5.41, 5.74) is 2.06. The van der Waals surface area contributed by atoms with Crippen LogP contribution >= 0.6 is 23.2 Å². The number of nitrogens with zero attached hydrogens (tertiary/aromatic N) is 2. The van der Waals surface area contributed by atoms with Crippen LogP contribution in [-0.4, -0.2) is 43.4 Å². The Labute approximate surface area is 236 Å². The molecule has 1 amide bonds. The van der Waals surface area contributed by atoms with Crippen molar-refractivity contribution in [3.63, 3.8) is 0 Å². The standard InChI is InChI=1S/C29H29Cl2F2N3O3/c1-39-19-4-2-18(3-5-19)16-36-27(37)9-6-20-25(8-7-23(32)28(20)36)34-17-29(38)10-12-35(13-11-29)26-15-24(33)21(30)14-22(26)31/h2-5,7-8,14-15,34,38H,6,9-13,16-17H2,1H3. The van der Waals surface area contributed by atoms with Gasteiger partial charge in [-0.05, 0) is 55.2 Å². The Morgan fingerprint density at radius 3 is 2.41 bits per heavy atom. The first kappa shape index (κ1) is 27.5. The fraction of sp³-hybridized carbons (Fsp3) is 0.345. The molecule has 2 aliphatic rings. The van der Waals surface area contributed by atoms with Gasteiger partial charge in [0.15, 0.2) is 0 Å². The molecule has 0 bridgehead atoms. The molecule has 2 heterocycles. The molecule has 0 spiro atoms. The van der Waals surface area contributed by atoms with Gasteiger partial charge in [0.1, 0.15) is 17.4 Å². The van der Waals surface area contributed by atoms with E-state index in [-0.39, 0.29) is 36.1 Å². The molecule has 10 heteroatoms. The van der Waals surface area contributed by atoms with Crippen molar-refractivity contribution >= 4 is 46.2 Å². The Morgan fingerprint density at radius 1 is 1.00 bits per heavy atom. The van der Waals surface area contributed by atoms with Gasteiger partial charge in [-0.15, -0.1) is 0 Å². The Bertz CT molecular complexity index is 1380. The molecule has 0 aliphatic carbocycles. The number of rotatable bonds is 7. The van der Waals surface area contributed by atoms with Crippen LogP contribution in [0.4, 0.5) is 25.8 Å². The molecule has 39 heavy (non-hydrogen) atoms. The first-order chi connectivity index (χ1) is 18.7. The molecule has 0 saturated carbocycles. The number of carbonyl (C=O) groups excluding carboxylic acids is 1. The smallest absolute Gasteiger partial charge is 0.227 e. The Kier molecular flexibility index (Phi) is 7.89. The van der Waals surface area contributed by atoms with Gasteiger partial charge < -0.3 is 25.0 Å².